The van der Waals surface area contributed by atoms with Gasteiger partial charge >= 0.3 is 5.97 Å². The summed E-state index contributed by atoms with van der Waals surface area (Å²) in [6, 6.07) is 22.1. The van der Waals surface area contributed by atoms with Gasteiger partial charge in [-0.1, -0.05) is 30.3 Å². The van der Waals surface area contributed by atoms with Crippen molar-refractivity contribution in [2.75, 3.05) is 13.7 Å². The first kappa shape index (κ1) is 25.5. The standard InChI is InChI=1S/C28H27BrN2O5/c1-28(2,34)17-30-26(32)19-11-9-18(10-12-19)16-31-24-14-21(36-20-7-5-4-6-8-20)13-23(29)22(24)15-25(31)27(33)35-3/h4-15,34H,16-17H2,1-3H3,(H,30,32). The predicted molar refractivity (Wildman–Crippen MR) is 142 cm³/mol. The van der Waals surface area contributed by atoms with Crippen molar-refractivity contribution in [2.24, 2.45) is 0 Å². The van der Waals surface area contributed by atoms with Gasteiger partial charge in [0.05, 0.1) is 18.2 Å². The number of rotatable bonds is 8. The first-order valence-corrected chi connectivity index (χ1v) is 12.2. The minimum Gasteiger partial charge on any atom is -0.464 e. The molecule has 0 atom stereocenters. The van der Waals surface area contributed by atoms with Crippen molar-refractivity contribution in [3.05, 3.63) is 94.1 Å². The summed E-state index contributed by atoms with van der Waals surface area (Å²) in [6.07, 6.45) is 0. The fourth-order valence-electron chi connectivity index (χ4n) is 3.76. The van der Waals surface area contributed by atoms with Crippen LogP contribution in [0.4, 0.5) is 0 Å². The monoisotopic (exact) mass is 550 g/mol. The smallest absolute Gasteiger partial charge is 0.354 e. The first-order valence-electron chi connectivity index (χ1n) is 11.4. The van der Waals surface area contributed by atoms with E-state index >= 15 is 0 Å². The number of para-hydroxylation sites is 1. The Hall–Kier alpha value is -3.62. The molecule has 4 aromatic rings. The van der Waals surface area contributed by atoms with Crippen LogP contribution in [0.5, 0.6) is 11.5 Å². The van der Waals surface area contributed by atoms with E-state index in [1.165, 1.54) is 7.11 Å². The number of carbonyl (C=O) groups excluding carboxylic acids is 2. The molecule has 0 unspecified atom stereocenters. The quantitative estimate of drug-likeness (QED) is 0.281. The molecule has 186 valence electrons. The van der Waals surface area contributed by atoms with Crippen LogP contribution in [-0.4, -0.2) is 40.8 Å². The first-order chi connectivity index (χ1) is 17.1. The molecule has 0 fully saturated rings. The zero-order valence-electron chi connectivity index (χ0n) is 20.2. The summed E-state index contributed by atoms with van der Waals surface area (Å²) in [4.78, 5) is 25.0. The zero-order valence-corrected chi connectivity index (χ0v) is 21.8. The van der Waals surface area contributed by atoms with Gasteiger partial charge in [0.1, 0.15) is 17.2 Å². The average Bonchev–Trinajstić information content (AvgIpc) is 3.21. The molecule has 0 radical (unpaired) electrons. The topological polar surface area (TPSA) is 89.8 Å². The number of carbonyl (C=O) groups is 2. The molecule has 0 saturated carbocycles. The molecule has 36 heavy (non-hydrogen) atoms. The van der Waals surface area contributed by atoms with Crippen LogP contribution in [0.3, 0.4) is 0 Å². The molecule has 0 bridgehead atoms. The Bertz CT molecular complexity index is 1390. The normalized spacial score (nSPS) is 11.4. The molecule has 7 nitrogen and oxygen atoms in total. The number of hydrogen-bond acceptors (Lipinski definition) is 5. The van der Waals surface area contributed by atoms with Gasteiger partial charge in [-0.25, -0.2) is 4.79 Å². The highest BCUT2D eigenvalue weighted by atomic mass is 79.9. The Labute approximate surface area is 217 Å². The van der Waals surface area contributed by atoms with E-state index in [2.05, 4.69) is 21.2 Å². The van der Waals surface area contributed by atoms with Gasteiger partial charge in [0.25, 0.3) is 5.91 Å². The zero-order chi connectivity index (χ0) is 25.9. The molecular formula is C28H27BrN2O5. The van der Waals surface area contributed by atoms with Gasteiger partial charge in [0, 0.05) is 34.6 Å². The number of benzene rings is 3. The Balaban J connectivity index is 1.66. The summed E-state index contributed by atoms with van der Waals surface area (Å²) >= 11 is 3.61. The number of halogens is 1. The van der Waals surface area contributed by atoms with Crippen molar-refractivity contribution in [1.29, 1.82) is 0 Å². The van der Waals surface area contributed by atoms with Crippen molar-refractivity contribution in [3.8, 4) is 11.5 Å². The van der Waals surface area contributed by atoms with E-state index in [-0.39, 0.29) is 12.5 Å². The van der Waals surface area contributed by atoms with E-state index in [0.29, 0.717) is 29.3 Å². The molecule has 3 aromatic carbocycles. The van der Waals surface area contributed by atoms with Crippen LogP contribution >= 0.6 is 15.9 Å². The van der Waals surface area contributed by atoms with Crippen molar-refractivity contribution in [2.45, 2.75) is 26.0 Å². The number of methoxy groups -OCH3 is 1. The van der Waals surface area contributed by atoms with Gasteiger partial charge in [-0.3, -0.25) is 4.79 Å². The number of esters is 1. The number of fused-ring (bicyclic) bond motifs is 1. The molecule has 0 spiro atoms. The number of ether oxygens (including phenoxy) is 2. The molecule has 1 heterocycles. The third-order valence-electron chi connectivity index (χ3n) is 5.56. The molecule has 1 aromatic heterocycles. The Kier molecular flexibility index (Phi) is 7.47. The molecule has 0 aliphatic rings. The second kappa shape index (κ2) is 10.6. The minimum atomic E-state index is -0.993. The molecular weight excluding hydrogens is 524 g/mol. The van der Waals surface area contributed by atoms with E-state index in [0.717, 1.165) is 20.9 Å². The number of aromatic nitrogens is 1. The fourth-order valence-corrected chi connectivity index (χ4v) is 4.30. The summed E-state index contributed by atoms with van der Waals surface area (Å²) < 4.78 is 13.7. The Morgan fingerprint density at radius 3 is 2.33 bits per heavy atom. The Morgan fingerprint density at radius 1 is 1.00 bits per heavy atom. The molecule has 0 saturated heterocycles. The molecule has 4 rings (SSSR count). The van der Waals surface area contributed by atoms with Crippen LogP contribution in [0.1, 0.15) is 40.3 Å². The number of hydrogen-bond donors (Lipinski definition) is 2. The lowest BCUT2D eigenvalue weighted by Crippen LogP contribution is -2.38. The van der Waals surface area contributed by atoms with Crippen LogP contribution in [0.2, 0.25) is 0 Å². The molecule has 0 aliphatic heterocycles. The number of amides is 1. The summed E-state index contributed by atoms with van der Waals surface area (Å²) in [7, 11) is 1.35. The van der Waals surface area contributed by atoms with Crippen LogP contribution in [0, 0.1) is 0 Å². The van der Waals surface area contributed by atoms with Crippen molar-refractivity contribution < 1.29 is 24.2 Å². The van der Waals surface area contributed by atoms with Gasteiger partial charge in [-0.2, -0.15) is 0 Å². The highest BCUT2D eigenvalue weighted by molar-refractivity contribution is 9.10. The van der Waals surface area contributed by atoms with Crippen molar-refractivity contribution in [1.82, 2.24) is 9.88 Å². The van der Waals surface area contributed by atoms with E-state index < -0.39 is 11.6 Å². The van der Waals surface area contributed by atoms with Gasteiger partial charge in [0.2, 0.25) is 0 Å². The fraction of sp³-hybridized carbons (Fsp3) is 0.214. The van der Waals surface area contributed by atoms with Gasteiger partial charge in [0.15, 0.2) is 0 Å². The second-order valence-corrected chi connectivity index (χ2v) is 9.91. The molecule has 0 aliphatic carbocycles. The summed E-state index contributed by atoms with van der Waals surface area (Å²) in [5, 5.41) is 13.4. The van der Waals surface area contributed by atoms with Crippen LogP contribution < -0.4 is 10.1 Å². The lowest BCUT2D eigenvalue weighted by molar-refractivity contribution is 0.0589. The molecule has 8 heteroatoms. The second-order valence-electron chi connectivity index (χ2n) is 9.05. The molecule has 2 N–H and O–H groups in total. The van der Waals surface area contributed by atoms with Crippen LogP contribution in [-0.2, 0) is 11.3 Å². The van der Waals surface area contributed by atoms with Crippen molar-refractivity contribution in [3.63, 3.8) is 0 Å². The molecule has 1 amide bonds. The van der Waals surface area contributed by atoms with Crippen LogP contribution in [0.15, 0.2) is 77.3 Å². The summed E-state index contributed by atoms with van der Waals surface area (Å²) in [5.74, 6) is 0.604. The van der Waals surface area contributed by atoms with E-state index in [1.54, 1.807) is 32.0 Å². The van der Waals surface area contributed by atoms with Gasteiger partial charge < -0.3 is 24.5 Å². The number of nitrogens with one attached hydrogen (secondary N) is 1. The third-order valence-corrected chi connectivity index (χ3v) is 6.21. The van der Waals surface area contributed by atoms with E-state index in [4.69, 9.17) is 9.47 Å². The van der Waals surface area contributed by atoms with E-state index in [9.17, 15) is 14.7 Å². The summed E-state index contributed by atoms with van der Waals surface area (Å²) in [6.45, 7) is 3.78. The third kappa shape index (κ3) is 5.95. The van der Waals surface area contributed by atoms with Gasteiger partial charge in [-0.15, -0.1) is 0 Å². The van der Waals surface area contributed by atoms with Crippen molar-refractivity contribution >= 4 is 38.7 Å². The number of nitrogens with zero attached hydrogens (tertiary/aromatic N) is 1. The van der Waals surface area contributed by atoms with E-state index in [1.807, 2.05) is 59.2 Å². The maximum atomic E-state index is 12.6. The lowest BCUT2D eigenvalue weighted by Gasteiger charge is -2.17. The largest absolute Gasteiger partial charge is 0.464 e. The maximum absolute atomic E-state index is 12.6. The minimum absolute atomic E-state index is 0.147. The van der Waals surface area contributed by atoms with Gasteiger partial charge in [-0.05, 0) is 71.7 Å². The number of aliphatic hydroxyl groups is 1. The predicted octanol–water partition coefficient (Wildman–Crippen LogP) is 5.53. The average molecular weight is 551 g/mol. The maximum Gasteiger partial charge on any atom is 0.354 e. The summed E-state index contributed by atoms with van der Waals surface area (Å²) in [5.41, 5.74) is 1.57. The highest BCUT2D eigenvalue weighted by Crippen LogP contribution is 2.34. The highest BCUT2D eigenvalue weighted by Gasteiger charge is 2.20. The Morgan fingerprint density at radius 2 is 1.69 bits per heavy atom. The van der Waals surface area contributed by atoms with Crippen LogP contribution in [0.25, 0.3) is 10.9 Å². The lowest BCUT2D eigenvalue weighted by atomic mass is 10.1. The SMILES string of the molecule is COC(=O)c1cc2c(Br)cc(Oc3ccccc3)cc2n1Cc1ccc(C(=O)NCC(C)(C)O)cc1.